The lowest BCUT2D eigenvalue weighted by atomic mass is 10.2. The standard InChI is InChI=1S/C10H12O5.C2H6O/c1-2-3-15-10(14)6-4-7(11)9(13)8(12)5-6;1-2-3/h4-5,11-13H,2-3H2,1H3;3H,2H2,1H3. The van der Waals surface area contributed by atoms with Gasteiger partial charge < -0.3 is 25.2 Å². The first kappa shape index (κ1) is 16.1. The SMILES string of the molecule is CCCOC(=O)c1cc(O)c(O)c(O)c1.CCO. The molecule has 0 saturated heterocycles. The Hall–Kier alpha value is -1.95. The summed E-state index contributed by atoms with van der Waals surface area (Å²) in [5.74, 6) is -2.42. The van der Waals surface area contributed by atoms with Gasteiger partial charge in [-0.3, -0.25) is 0 Å². The summed E-state index contributed by atoms with van der Waals surface area (Å²) in [6.45, 7) is 4.04. The molecule has 102 valence electrons. The van der Waals surface area contributed by atoms with Crippen LogP contribution in [0.1, 0.15) is 30.6 Å². The van der Waals surface area contributed by atoms with E-state index in [4.69, 9.17) is 25.2 Å². The van der Waals surface area contributed by atoms with Gasteiger partial charge in [-0.2, -0.15) is 0 Å². The number of aliphatic hydroxyl groups is 1. The molecule has 0 aromatic heterocycles. The van der Waals surface area contributed by atoms with Crippen LogP contribution in [0.3, 0.4) is 0 Å². The molecule has 18 heavy (non-hydrogen) atoms. The van der Waals surface area contributed by atoms with Crippen molar-refractivity contribution in [3.05, 3.63) is 17.7 Å². The van der Waals surface area contributed by atoms with Crippen LogP contribution < -0.4 is 0 Å². The number of carbonyl (C=O) groups excluding carboxylic acids is 1. The summed E-state index contributed by atoms with van der Waals surface area (Å²) in [6, 6.07) is 2.07. The molecule has 0 aliphatic rings. The van der Waals surface area contributed by atoms with Gasteiger partial charge in [-0.15, -0.1) is 0 Å². The Morgan fingerprint density at radius 3 is 2.00 bits per heavy atom. The lowest BCUT2D eigenvalue weighted by molar-refractivity contribution is 0.0504. The van der Waals surface area contributed by atoms with Crippen molar-refractivity contribution < 1.29 is 30.0 Å². The van der Waals surface area contributed by atoms with Crippen LogP contribution in [0.25, 0.3) is 0 Å². The number of carbonyl (C=O) groups is 1. The number of rotatable bonds is 3. The first-order chi connectivity index (χ1) is 8.47. The number of hydrogen-bond acceptors (Lipinski definition) is 6. The molecule has 0 spiro atoms. The first-order valence-corrected chi connectivity index (χ1v) is 5.50. The van der Waals surface area contributed by atoms with Gasteiger partial charge in [-0.1, -0.05) is 6.92 Å². The molecule has 0 saturated carbocycles. The van der Waals surface area contributed by atoms with Crippen LogP contribution in [-0.2, 0) is 4.74 Å². The van der Waals surface area contributed by atoms with Crippen LogP contribution in [-0.4, -0.2) is 39.6 Å². The second-order valence-corrected chi connectivity index (χ2v) is 3.32. The average Bonchev–Trinajstić information content (AvgIpc) is 2.33. The lowest BCUT2D eigenvalue weighted by Crippen LogP contribution is -2.05. The third kappa shape index (κ3) is 4.92. The summed E-state index contributed by atoms with van der Waals surface area (Å²) >= 11 is 0. The number of benzene rings is 1. The number of ether oxygens (including phenoxy) is 1. The molecule has 0 heterocycles. The number of aromatic hydroxyl groups is 3. The molecule has 1 aromatic carbocycles. The molecule has 0 bridgehead atoms. The molecule has 0 aliphatic carbocycles. The largest absolute Gasteiger partial charge is 0.504 e. The van der Waals surface area contributed by atoms with Crippen LogP contribution in [0.5, 0.6) is 17.2 Å². The summed E-state index contributed by atoms with van der Waals surface area (Å²) in [4.78, 5) is 11.3. The minimum absolute atomic E-state index is 0.00347. The van der Waals surface area contributed by atoms with Crippen molar-refractivity contribution in [2.75, 3.05) is 13.2 Å². The molecule has 1 aromatic rings. The zero-order chi connectivity index (χ0) is 14.1. The van der Waals surface area contributed by atoms with Crippen molar-refractivity contribution in [1.29, 1.82) is 0 Å². The zero-order valence-electron chi connectivity index (χ0n) is 10.4. The van der Waals surface area contributed by atoms with E-state index in [1.54, 1.807) is 6.92 Å². The molecule has 6 heteroatoms. The molecule has 0 atom stereocenters. The van der Waals surface area contributed by atoms with Gasteiger partial charge in [0.05, 0.1) is 12.2 Å². The van der Waals surface area contributed by atoms with Crippen molar-refractivity contribution in [2.45, 2.75) is 20.3 Å². The van der Waals surface area contributed by atoms with Gasteiger partial charge in [0.1, 0.15) is 0 Å². The van der Waals surface area contributed by atoms with Gasteiger partial charge in [0.2, 0.25) is 0 Å². The molecule has 0 fully saturated rings. The highest BCUT2D eigenvalue weighted by molar-refractivity contribution is 5.91. The molecular weight excluding hydrogens is 240 g/mol. The van der Waals surface area contributed by atoms with Gasteiger partial charge in [-0.25, -0.2) is 4.79 Å². The van der Waals surface area contributed by atoms with E-state index in [2.05, 4.69) is 0 Å². The van der Waals surface area contributed by atoms with E-state index < -0.39 is 23.2 Å². The highest BCUT2D eigenvalue weighted by Crippen LogP contribution is 2.35. The molecule has 0 unspecified atom stereocenters. The first-order valence-electron chi connectivity index (χ1n) is 5.50. The van der Waals surface area contributed by atoms with Crippen LogP contribution in [0.4, 0.5) is 0 Å². The number of hydrogen-bond donors (Lipinski definition) is 4. The van der Waals surface area contributed by atoms with E-state index in [9.17, 15) is 4.79 Å². The maximum absolute atomic E-state index is 11.3. The van der Waals surface area contributed by atoms with Gasteiger partial charge in [0.15, 0.2) is 17.2 Å². The zero-order valence-corrected chi connectivity index (χ0v) is 10.4. The van der Waals surface area contributed by atoms with E-state index in [1.165, 1.54) is 0 Å². The summed E-state index contributed by atoms with van der Waals surface area (Å²) in [5.41, 5.74) is -0.00347. The van der Waals surface area contributed by atoms with E-state index in [1.807, 2.05) is 6.92 Å². The molecule has 0 radical (unpaired) electrons. The smallest absolute Gasteiger partial charge is 0.338 e. The molecule has 4 N–H and O–H groups in total. The third-order valence-corrected chi connectivity index (χ3v) is 1.74. The highest BCUT2D eigenvalue weighted by atomic mass is 16.5. The van der Waals surface area contributed by atoms with E-state index in [0.717, 1.165) is 12.1 Å². The van der Waals surface area contributed by atoms with Crippen molar-refractivity contribution in [3.63, 3.8) is 0 Å². The van der Waals surface area contributed by atoms with Crippen LogP contribution in [0.15, 0.2) is 12.1 Å². The van der Waals surface area contributed by atoms with Gasteiger partial charge >= 0.3 is 5.97 Å². The normalized spacial score (nSPS) is 9.28. The maximum Gasteiger partial charge on any atom is 0.338 e. The lowest BCUT2D eigenvalue weighted by Gasteiger charge is -2.05. The summed E-state index contributed by atoms with van der Waals surface area (Å²) < 4.78 is 4.78. The Kier molecular flexibility index (Phi) is 7.30. The fraction of sp³-hybridized carbons (Fsp3) is 0.417. The van der Waals surface area contributed by atoms with E-state index >= 15 is 0 Å². The molecular formula is C12H18O6. The van der Waals surface area contributed by atoms with E-state index in [0.29, 0.717) is 6.42 Å². The maximum atomic E-state index is 11.3. The minimum atomic E-state index is -0.651. The summed E-state index contributed by atoms with van der Waals surface area (Å²) in [6.07, 6.45) is 0.682. The van der Waals surface area contributed by atoms with Crippen LogP contribution >= 0.6 is 0 Å². The Morgan fingerprint density at radius 2 is 1.61 bits per heavy atom. The quantitative estimate of drug-likeness (QED) is 0.482. The number of phenols is 3. The molecule has 0 aliphatic heterocycles. The fourth-order valence-electron chi connectivity index (χ4n) is 1.00. The Labute approximate surface area is 105 Å². The molecule has 0 amide bonds. The van der Waals surface area contributed by atoms with Crippen molar-refractivity contribution in [2.24, 2.45) is 0 Å². The predicted octanol–water partition coefficient (Wildman–Crippen LogP) is 1.37. The second kappa shape index (κ2) is 8.19. The van der Waals surface area contributed by atoms with Crippen molar-refractivity contribution in [1.82, 2.24) is 0 Å². The average molecular weight is 258 g/mol. The third-order valence-electron chi connectivity index (χ3n) is 1.74. The monoisotopic (exact) mass is 258 g/mol. The summed E-state index contributed by atoms with van der Waals surface area (Å²) in [5, 5.41) is 34.9. The Bertz CT molecular complexity index is 365. The molecule has 6 nitrogen and oxygen atoms in total. The number of esters is 1. The van der Waals surface area contributed by atoms with Gasteiger partial charge in [0, 0.05) is 6.61 Å². The highest BCUT2D eigenvalue weighted by Gasteiger charge is 2.13. The Balaban J connectivity index is 0.000000873. The van der Waals surface area contributed by atoms with Gasteiger partial charge in [0.25, 0.3) is 0 Å². The van der Waals surface area contributed by atoms with Crippen molar-refractivity contribution >= 4 is 5.97 Å². The van der Waals surface area contributed by atoms with Crippen molar-refractivity contribution in [3.8, 4) is 17.2 Å². The molecule has 1 rings (SSSR count). The number of phenolic OH excluding ortho intramolecular Hbond substituents is 3. The fourth-order valence-corrected chi connectivity index (χ4v) is 1.00. The predicted molar refractivity (Wildman–Crippen MR) is 64.8 cm³/mol. The van der Waals surface area contributed by atoms with Crippen LogP contribution in [0, 0.1) is 0 Å². The van der Waals surface area contributed by atoms with Crippen LogP contribution in [0.2, 0.25) is 0 Å². The minimum Gasteiger partial charge on any atom is -0.504 e. The Morgan fingerprint density at radius 1 is 1.17 bits per heavy atom. The summed E-state index contributed by atoms with van der Waals surface area (Å²) in [7, 11) is 0. The van der Waals surface area contributed by atoms with E-state index in [-0.39, 0.29) is 18.8 Å². The van der Waals surface area contributed by atoms with Gasteiger partial charge in [-0.05, 0) is 25.5 Å². The topological polar surface area (TPSA) is 107 Å². The number of aliphatic hydroxyl groups excluding tert-OH is 1. The second-order valence-electron chi connectivity index (χ2n) is 3.32.